The largest absolute Gasteiger partial charge is 0.395 e. The Morgan fingerprint density at radius 2 is 2.04 bits per heavy atom. The van der Waals surface area contributed by atoms with Crippen LogP contribution in [-0.2, 0) is 5.41 Å². The van der Waals surface area contributed by atoms with E-state index in [1.54, 1.807) is 0 Å². The maximum absolute atomic E-state index is 9.55. The number of benzene rings is 1. The Balaban J connectivity index is 1.92. The van der Waals surface area contributed by atoms with E-state index in [9.17, 15) is 5.11 Å². The Labute approximate surface area is 160 Å². The number of fused-ring (bicyclic) bond motifs is 1. The van der Waals surface area contributed by atoms with Crippen molar-refractivity contribution in [1.82, 2.24) is 4.98 Å². The highest BCUT2D eigenvalue weighted by atomic mass is 35.5. The molecule has 0 radical (unpaired) electrons. The molecule has 26 heavy (non-hydrogen) atoms. The third-order valence-electron chi connectivity index (χ3n) is 5.11. The van der Waals surface area contributed by atoms with E-state index in [1.165, 1.54) is 5.56 Å². The number of halogens is 1. The number of aliphatic hydroxyl groups excluding tert-OH is 1. The summed E-state index contributed by atoms with van der Waals surface area (Å²) >= 11 is 6.24. The number of nitrogens with zero attached hydrogens (tertiary/aromatic N) is 3. The number of β-amino-alcohol motifs (C(OH)–C–C–N with tert-alkyl or cyclic N) is 1. The SMILES string of the molecule is CN(C)c1ccc(C=CC2N(CCO)c3ccc(Cl)cc3C2(C)C)nc1. The molecule has 2 aromatic rings. The molecule has 4 nitrogen and oxygen atoms in total. The molecule has 1 aromatic carbocycles. The van der Waals surface area contributed by atoms with Crippen molar-refractivity contribution in [3.8, 4) is 0 Å². The molecule has 1 aliphatic rings. The molecule has 0 aliphatic carbocycles. The van der Waals surface area contributed by atoms with E-state index in [2.05, 4.69) is 41.9 Å². The van der Waals surface area contributed by atoms with Crippen LogP contribution in [0.25, 0.3) is 6.08 Å². The van der Waals surface area contributed by atoms with Crippen molar-refractivity contribution in [2.24, 2.45) is 0 Å². The third-order valence-corrected chi connectivity index (χ3v) is 5.35. The van der Waals surface area contributed by atoms with Crippen molar-refractivity contribution in [2.75, 3.05) is 37.0 Å². The van der Waals surface area contributed by atoms with Crippen molar-refractivity contribution < 1.29 is 5.11 Å². The first-order valence-electron chi connectivity index (χ1n) is 8.83. The van der Waals surface area contributed by atoms with Crippen LogP contribution in [0.3, 0.4) is 0 Å². The number of aliphatic hydroxyl groups is 1. The van der Waals surface area contributed by atoms with Crippen LogP contribution in [0, 0.1) is 0 Å². The highest BCUT2D eigenvalue weighted by Crippen LogP contribution is 2.46. The van der Waals surface area contributed by atoms with Gasteiger partial charge in [-0.3, -0.25) is 4.98 Å². The molecule has 138 valence electrons. The molecular formula is C21H26ClN3O. The van der Waals surface area contributed by atoms with E-state index >= 15 is 0 Å². The Morgan fingerprint density at radius 3 is 2.65 bits per heavy atom. The molecule has 0 saturated heterocycles. The molecular weight excluding hydrogens is 346 g/mol. The second kappa shape index (κ2) is 7.29. The first kappa shape index (κ1) is 18.7. The van der Waals surface area contributed by atoms with Gasteiger partial charge in [0.05, 0.1) is 30.2 Å². The number of rotatable bonds is 5. The minimum absolute atomic E-state index is 0.109. The van der Waals surface area contributed by atoms with E-state index < -0.39 is 0 Å². The minimum Gasteiger partial charge on any atom is -0.395 e. The Kier molecular flexibility index (Phi) is 5.26. The lowest BCUT2D eigenvalue weighted by Gasteiger charge is -2.32. The lowest BCUT2D eigenvalue weighted by molar-refractivity contribution is 0.296. The second-order valence-electron chi connectivity index (χ2n) is 7.44. The van der Waals surface area contributed by atoms with Gasteiger partial charge in [0, 0.05) is 36.8 Å². The van der Waals surface area contributed by atoms with Crippen LogP contribution in [0.5, 0.6) is 0 Å². The summed E-state index contributed by atoms with van der Waals surface area (Å²) in [6.07, 6.45) is 6.12. The molecule has 0 fully saturated rings. The number of pyridine rings is 1. The van der Waals surface area contributed by atoms with Crippen LogP contribution in [0.2, 0.25) is 5.02 Å². The monoisotopic (exact) mass is 371 g/mol. The topological polar surface area (TPSA) is 39.6 Å². The fraction of sp³-hybridized carbons (Fsp3) is 0.381. The quantitative estimate of drug-likeness (QED) is 0.863. The Hall–Kier alpha value is -2.04. The summed E-state index contributed by atoms with van der Waals surface area (Å²) < 4.78 is 0. The maximum atomic E-state index is 9.55. The average Bonchev–Trinajstić information content (AvgIpc) is 2.81. The molecule has 1 N–H and O–H groups in total. The number of hydrogen-bond acceptors (Lipinski definition) is 4. The third kappa shape index (κ3) is 3.44. The van der Waals surface area contributed by atoms with Gasteiger partial charge in [0.1, 0.15) is 0 Å². The molecule has 1 aliphatic heterocycles. The van der Waals surface area contributed by atoms with Crippen LogP contribution in [0.15, 0.2) is 42.6 Å². The summed E-state index contributed by atoms with van der Waals surface area (Å²) in [7, 11) is 4.01. The molecule has 5 heteroatoms. The number of hydrogen-bond donors (Lipinski definition) is 1. The number of anilines is 2. The van der Waals surface area contributed by atoms with Gasteiger partial charge in [-0.2, -0.15) is 0 Å². The highest BCUT2D eigenvalue weighted by molar-refractivity contribution is 6.30. The van der Waals surface area contributed by atoms with Crippen molar-refractivity contribution >= 4 is 29.1 Å². The molecule has 0 saturated carbocycles. The molecule has 1 aromatic heterocycles. The van der Waals surface area contributed by atoms with Crippen LogP contribution in [0.4, 0.5) is 11.4 Å². The summed E-state index contributed by atoms with van der Waals surface area (Å²) in [5.41, 5.74) is 4.23. The van der Waals surface area contributed by atoms with E-state index in [0.29, 0.717) is 6.54 Å². The molecule has 0 amide bonds. The molecule has 3 rings (SSSR count). The zero-order valence-electron chi connectivity index (χ0n) is 15.8. The van der Waals surface area contributed by atoms with E-state index in [0.717, 1.165) is 22.1 Å². The van der Waals surface area contributed by atoms with Gasteiger partial charge in [0.25, 0.3) is 0 Å². The summed E-state index contributed by atoms with van der Waals surface area (Å²) in [5, 5.41) is 10.3. The van der Waals surface area contributed by atoms with Gasteiger partial charge in [-0.25, -0.2) is 0 Å². The molecule has 1 unspecified atom stereocenters. The highest BCUT2D eigenvalue weighted by Gasteiger charge is 2.42. The van der Waals surface area contributed by atoms with Gasteiger partial charge in [0.2, 0.25) is 0 Å². The fourth-order valence-electron chi connectivity index (χ4n) is 3.64. The summed E-state index contributed by atoms with van der Waals surface area (Å²) in [5.74, 6) is 0. The zero-order valence-corrected chi connectivity index (χ0v) is 16.5. The van der Waals surface area contributed by atoms with Crippen molar-refractivity contribution in [2.45, 2.75) is 25.3 Å². The van der Waals surface area contributed by atoms with Crippen molar-refractivity contribution in [3.05, 3.63) is 58.9 Å². The van der Waals surface area contributed by atoms with Gasteiger partial charge in [0.15, 0.2) is 0 Å². The lowest BCUT2D eigenvalue weighted by atomic mass is 9.80. The van der Waals surface area contributed by atoms with Crippen molar-refractivity contribution in [1.29, 1.82) is 0 Å². The van der Waals surface area contributed by atoms with Gasteiger partial charge in [-0.1, -0.05) is 31.5 Å². The van der Waals surface area contributed by atoms with Crippen LogP contribution in [-0.4, -0.2) is 43.4 Å². The normalized spacial score (nSPS) is 18.4. The average molecular weight is 372 g/mol. The summed E-state index contributed by atoms with van der Waals surface area (Å²) in [6, 6.07) is 10.2. The standard InChI is InChI=1S/C21H26ClN3O/c1-21(2)18-13-15(22)5-9-19(18)25(11-12-26)20(21)10-7-16-6-8-17(14-23-16)24(3)4/h5-10,13-14,20,26H,11-12H2,1-4H3. The Morgan fingerprint density at radius 1 is 1.27 bits per heavy atom. The van der Waals surface area contributed by atoms with Crippen LogP contribution >= 0.6 is 11.6 Å². The first-order chi connectivity index (χ1) is 12.3. The molecule has 0 bridgehead atoms. The predicted molar refractivity (Wildman–Crippen MR) is 110 cm³/mol. The zero-order chi connectivity index (χ0) is 18.9. The van der Waals surface area contributed by atoms with Gasteiger partial charge < -0.3 is 14.9 Å². The molecule has 0 spiro atoms. The van der Waals surface area contributed by atoms with Gasteiger partial charge in [-0.05, 0) is 42.0 Å². The smallest absolute Gasteiger partial charge is 0.0628 e. The van der Waals surface area contributed by atoms with Crippen LogP contribution < -0.4 is 9.80 Å². The van der Waals surface area contributed by atoms with Crippen molar-refractivity contribution in [3.63, 3.8) is 0 Å². The minimum atomic E-state index is -0.116. The first-order valence-corrected chi connectivity index (χ1v) is 9.21. The van der Waals surface area contributed by atoms with Gasteiger partial charge >= 0.3 is 0 Å². The van der Waals surface area contributed by atoms with Gasteiger partial charge in [-0.15, -0.1) is 0 Å². The lowest BCUT2D eigenvalue weighted by Crippen LogP contribution is -2.41. The van der Waals surface area contributed by atoms with E-state index in [-0.39, 0.29) is 18.1 Å². The summed E-state index contributed by atoms with van der Waals surface area (Å²) in [6.45, 7) is 5.13. The predicted octanol–water partition coefficient (Wildman–Crippen LogP) is 3.97. The van der Waals surface area contributed by atoms with E-state index in [1.807, 2.05) is 49.5 Å². The second-order valence-corrected chi connectivity index (χ2v) is 7.88. The molecule has 2 heterocycles. The van der Waals surface area contributed by atoms with Crippen LogP contribution in [0.1, 0.15) is 25.1 Å². The Bertz CT molecular complexity index is 799. The fourth-order valence-corrected chi connectivity index (χ4v) is 3.81. The van der Waals surface area contributed by atoms with E-state index in [4.69, 9.17) is 11.6 Å². The number of aromatic nitrogens is 1. The summed E-state index contributed by atoms with van der Waals surface area (Å²) in [4.78, 5) is 8.80. The molecule has 1 atom stereocenters. The maximum Gasteiger partial charge on any atom is 0.0628 e.